The topological polar surface area (TPSA) is 103 Å². The Morgan fingerprint density at radius 2 is 2.00 bits per heavy atom. The number of rotatable bonds is 3. The van der Waals surface area contributed by atoms with E-state index in [-0.39, 0.29) is 11.4 Å². The molecule has 0 bridgehead atoms. The third-order valence-electron chi connectivity index (χ3n) is 2.99. The molecule has 2 rings (SSSR count). The fourth-order valence-corrected chi connectivity index (χ4v) is 2.02. The molecule has 0 unspecified atom stereocenters. The summed E-state index contributed by atoms with van der Waals surface area (Å²) in [6.45, 7) is 3.37. The predicted octanol–water partition coefficient (Wildman–Crippen LogP) is 3.33. The SMILES string of the molecule is Cc1ccc(-c2c([N+](=O)[O-])ccc(OC(=O)O)c2C)cn1. The summed E-state index contributed by atoms with van der Waals surface area (Å²) in [6, 6.07) is 5.92. The van der Waals surface area contributed by atoms with Crippen molar-refractivity contribution < 1.29 is 19.6 Å². The Morgan fingerprint density at radius 3 is 2.52 bits per heavy atom. The van der Waals surface area contributed by atoms with Crippen LogP contribution >= 0.6 is 0 Å². The van der Waals surface area contributed by atoms with Crippen molar-refractivity contribution in [2.24, 2.45) is 0 Å². The second-order valence-corrected chi connectivity index (χ2v) is 4.40. The Balaban J connectivity index is 2.67. The molecule has 0 radical (unpaired) electrons. The lowest BCUT2D eigenvalue weighted by atomic mass is 9.99. The summed E-state index contributed by atoms with van der Waals surface area (Å²) in [4.78, 5) is 25.4. The largest absolute Gasteiger partial charge is 0.511 e. The van der Waals surface area contributed by atoms with Crippen LogP contribution in [0.15, 0.2) is 30.5 Å². The maximum atomic E-state index is 11.2. The van der Waals surface area contributed by atoms with Crippen molar-refractivity contribution in [1.82, 2.24) is 4.98 Å². The molecule has 2 aromatic rings. The maximum Gasteiger partial charge on any atom is 0.511 e. The van der Waals surface area contributed by atoms with Gasteiger partial charge in [0.25, 0.3) is 5.69 Å². The molecule has 0 fully saturated rings. The number of aryl methyl sites for hydroxylation is 1. The number of nitro groups is 1. The van der Waals surface area contributed by atoms with Crippen molar-refractivity contribution in [2.75, 3.05) is 0 Å². The van der Waals surface area contributed by atoms with Crippen molar-refractivity contribution in [3.63, 3.8) is 0 Å². The van der Waals surface area contributed by atoms with Gasteiger partial charge in [0.05, 0.1) is 10.5 Å². The number of hydrogen-bond acceptors (Lipinski definition) is 5. The molecule has 0 spiro atoms. The third-order valence-corrected chi connectivity index (χ3v) is 2.99. The minimum atomic E-state index is -1.47. The van der Waals surface area contributed by atoms with Crippen LogP contribution < -0.4 is 4.74 Å². The smallest absolute Gasteiger partial charge is 0.449 e. The van der Waals surface area contributed by atoms with Crippen LogP contribution in [0.4, 0.5) is 10.5 Å². The average molecular weight is 288 g/mol. The molecule has 7 nitrogen and oxygen atoms in total. The van der Waals surface area contributed by atoms with E-state index >= 15 is 0 Å². The number of carboxylic acid groups (broad SMARTS) is 1. The normalized spacial score (nSPS) is 10.2. The van der Waals surface area contributed by atoms with Gasteiger partial charge in [-0.05, 0) is 26.0 Å². The summed E-state index contributed by atoms with van der Waals surface area (Å²) in [6.07, 6.45) is 0.0369. The number of nitro benzene ring substituents is 1. The first-order chi connectivity index (χ1) is 9.90. The summed E-state index contributed by atoms with van der Waals surface area (Å²) in [5, 5.41) is 19.9. The molecular formula is C14H12N2O5. The second kappa shape index (κ2) is 5.58. The zero-order valence-electron chi connectivity index (χ0n) is 11.4. The zero-order chi connectivity index (χ0) is 15.6. The van der Waals surface area contributed by atoms with Crippen LogP contribution in [0.25, 0.3) is 11.1 Å². The van der Waals surface area contributed by atoms with Gasteiger partial charge in [0, 0.05) is 29.1 Å². The maximum absolute atomic E-state index is 11.2. The van der Waals surface area contributed by atoms with E-state index in [2.05, 4.69) is 9.72 Å². The molecule has 0 amide bonds. The first-order valence-corrected chi connectivity index (χ1v) is 6.02. The molecule has 1 N–H and O–H groups in total. The highest BCUT2D eigenvalue weighted by molar-refractivity contribution is 5.79. The molecule has 1 aromatic heterocycles. The lowest BCUT2D eigenvalue weighted by Crippen LogP contribution is -2.06. The van der Waals surface area contributed by atoms with Crippen molar-refractivity contribution in [3.8, 4) is 16.9 Å². The van der Waals surface area contributed by atoms with E-state index in [0.29, 0.717) is 16.7 Å². The minimum absolute atomic E-state index is 0.0590. The highest BCUT2D eigenvalue weighted by Gasteiger charge is 2.21. The van der Waals surface area contributed by atoms with Gasteiger partial charge in [-0.15, -0.1) is 0 Å². The van der Waals surface area contributed by atoms with E-state index < -0.39 is 11.1 Å². The highest BCUT2D eigenvalue weighted by Crippen LogP contribution is 2.37. The van der Waals surface area contributed by atoms with Gasteiger partial charge in [0.2, 0.25) is 0 Å². The standard InChI is InChI=1S/C14H12N2O5/c1-8-3-4-10(7-15-8)13-9(2)12(21-14(17)18)6-5-11(13)16(19)20/h3-7H,1-2H3,(H,17,18). The molecule has 0 aliphatic heterocycles. The Bertz CT molecular complexity index is 710. The van der Waals surface area contributed by atoms with Crippen molar-refractivity contribution >= 4 is 11.8 Å². The molecule has 1 heterocycles. The summed E-state index contributed by atoms with van der Waals surface area (Å²) >= 11 is 0. The second-order valence-electron chi connectivity index (χ2n) is 4.40. The lowest BCUT2D eigenvalue weighted by molar-refractivity contribution is -0.384. The van der Waals surface area contributed by atoms with Gasteiger partial charge in [-0.1, -0.05) is 6.07 Å². The van der Waals surface area contributed by atoms with Gasteiger partial charge in [-0.25, -0.2) is 4.79 Å². The molecule has 0 saturated heterocycles. The van der Waals surface area contributed by atoms with E-state index in [1.165, 1.54) is 18.3 Å². The van der Waals surface area contributed by atoms with Gasteiger partial charge in [-0.3, -0.25) is 15.1 Å². The van der Waals surface area contributed by atoms with Crippen LogP contribution in [-0.2, 0) is 0 Å². The van der Waals surface area contributed by atoms with E-state index in [1.807, 2.05) is 0 Å². The predicted molar refractivity (Wildman–Crippen MR) is 74.5 cm³/mol. The summed E-state index contributed by atoms with van der Waals surface area (Å²) < 4.78 is 4.64. The lowest BCUT2D eigenvalue weighted by Gasteiger charge is -2.11. The summed E-state index contributed by atoms with van der Waals surface area (Å²) in [5.74, 6) is 0.0590. The number of carbonyl (C=O) groups is 1. The van der Waals surface area contributed by atoms with E-state index in [0.717, 1.165) is 5.69 Å². The van der Waals surface area contributed by atoms with Crippen molar-refractivity contribution in [2.45, 2.75) is 13.8 Å². The first kappa shape index (κ1) is 14.4. The molecular weight excluding hydrogens is 276 g/mol. The van der Waals surface area contributed by atoms with E-state index in [9.17, 15) is 14.9 Å². The number of nitrogens with zero attached hydrogens (tertiary/aromatic N) is 2. The quantitative estimate of drug-likeness (QED) is 0.402. The molecule has 0 atom stereocenters. The average Bonchev–Trinajstić information content (AvgIpc) is 2.41. The van der Waals surface area contributed by atoms with Crippen LogP contribution in [0.1, 0.15) is 11.3 Å². The first-order valence-electron chi connectivity index (χ1n) is 6.02. The molecule has 0 aliphatic rings. The van der Waals surface area contributed by atoms with Crippen LogP contribution in [0.2, 0.25) is 0 Å². The van der Waals surface area contributed by atoms with Gasteiger partial charge in [-0.2, -0.15) is 0 Å². The summed E-state index contributed by atoms with van der Waals surface area (Å²) in [7, 11) is 0. The number of aromatic nitrogens is 1. The monoisotopic (exact) mass is 288 g/mol. The Hall–Kier alpha value is -2.96. The summed E-state index contributed by atoms with van der Waals surface area (Å²) in [5.41, 5.74) is 1.84. The van der Waals surface area contributed by atoms with E-state index in [4.69, 9.17) is 5.11 Å². The Labute approximate surface area is 120 Å². The molecule has 7 heteroatoms. The van der Waals surface area contributed by atoms with Gasteiger partial charge < -0.3 is 9.84 Å². The van der Waals surface area contributed by atoms with Crippen LogP contribution in [0, 0.1) is 24.0 Å². The van der Waals surface area contributed by atoms with Crippen LogP contribution in [0.5, 0.6) is 5.75 Å². The molecule has 21 heavy (non-hydrogen) atoms. The Kier molecular flexibility index (Phi) is 3.84. The van der Waals surface area contributed by atoms with Gasteiger partial charge in [0.1, 0.15) is 5.75 Å². The zero-order valence-corrected chi connectivity index (χ0v) is 11.4. The molecule has 0 aliphatic carbocycles. The van der Waals surface area contributed by atoms with Gasteiger partial charge in [0.15, 0.2) is 0 Å². The molecule has 0 saturated carbocycles. The molecule has 108 valence electrons. The highest BCUT2D eigenvalue weighted by atomic mass is 16.7. The van der Waals surface area contributed by atoms with Gasteiger partial charge >= 0.3 is 6.16 Å². The minimum Gasteiger partial charge on any atom is -0.449 e. The fraction of sp³-hybridized carbons (Fsp3) is 0.143. The molecule has 1 aromatic carbocycles. The number of benzene rings is 1. The Morgan fingerprint density at radius 1 is 1.29 bits per heavy atom. The van der Waals surface area contributed by atoms with Crippen LogP contribution in [0.3, 0.4) is 0 Å². The van der Waals surface area contributed by atoms with Crippen LogP contribution in [-0.4, -0.2) is 21.2 Å². The number of hydrogen-bond donors (Lipinski definition) is 1. The number of pyridine rings is 1. The van der Waals surface area contributed by atoms with Crippen molar-refractivity contribution in [1.29, 1.82) is 0 Å². The van der Waals surface area contributed by atoms with E-state index in [1.54, 1.807) is 26.0 Å². The fourth-order valence-electron chi connectivity index (χ4n) is 2.02. The number of ether oxygens (including phenoxy) is 1. The van der Waals surface area contributed by atoms with Crippen molar-refractivity contribution in [3.05, 3.63) is 51.8 Å². The third kappa shape index (κ3) is 2.97.